The summed E-state index contributed by atoms with van der Waals surface area (Å²) in [6, 6.07) is 9.58. The lowest BCUT2D eigenvalue weighted by Crippen LogP contribution is -1.93. The van der Waals surface area contributed by atoms with Gasteiger partial charge in [0.1, 0.15) is 11.3 Å². The first-order valence-corrected chi connectivity index (χ1v) is 8.50. The van der Waals surface area contributed by atoms with Gasteiger partial charge >= 0.3 is 5.69 Å². The van der Waals surface area contributed by atoms with E-state index in [0.717, 1.165) is 25.7 Å². The summed E-state index contributed by atoms with van der Waals surface area (Å²) in [6.07, 6.45) is 4.41. The highest BCUT2D eigenvalue weighted by Gasteiger charge is 2.25. The SMILES string of the molecule is O=[N+]([O-])c1cc2oc(C3CCCC3)nc2cc1Oc1ccc(Cl)cc1. The molecule has 2 aromatic carbocycles. The largest absolute Gasteiger partial charge is 0.450 e. The number of hydrogen-bond acceptors (Lipinski definition) is 5. The van der Waals surface area contributed by atoms with Crippen molar-refractivity contribution in [2.24, 2.45) is 0 Å². The van der Waals surface area contributed by atoms with Crippen LogP contribution in [0.4, 0.5) is 5.69 Å². The Balaban J connectivity index is 1.74. The van der Waals surface area contributed by atoms with Gasteiger partial charge in [-0.05, 0) is 37.1 Å². The van der Waals surface area contributed by atoms with Crippen molar-refractivity contribution in [3.63, 3.8) is 0 Å². The topological polar surface area (TPSA) is 78.4 Å². The molecule has 25 heavy (non-hydrogen) atoms. The maximum absolute atomic E-state index is 11.4. The van der Waals surface area contributed by atoms with Crippen molar-refractivity contribution in [2.75, 3.05) is 0 Å². The summed E-state index contributed by atoms with van der Waals surface area (Å²) >= 11 is 5.85. The van der Waals surface area contributed by atoms with Crippen LogP contribution in [0.3, 0.4) is 0 Å². The summed E-state index contributed by atoms with van der Waals surface area (Å²) in [4.78, 5) is 15.5. The smallest absolute Gasteiger partial charge is 0.315 e. The van der Waals surface area contributed by atoms with E-state index in [1.807, 2.05) is 0 Å². The minimum Gasteiger partial charge on any atom is -0.450 e. The number of nitro groups is 1. The fraction of sp³-hybridized carbons (Fsp3) is 0.278. The maximum Gasteiger partial charge on any atom is 0.315 e. The van der Waals surface area contributed by atoms with Crippen LogP contribution in [0.25, 0.3) is 11.1 Å². The van der Waals surface area contributed by atoms with Gasteiger partial charge in [-0.1, -0.05) is 24.4 Å². The van der Waals surface area contributed by atoms with E-state index in [2.05, 4.69) is 4.98 Å². The van der Waals surface area contributed by atoms with E-state index in [4.69, 9.17) is 20.8 Å². The molecule has 0 bridgehead atoms. The Morgan fingerprint density at radius 3 is 2.60 bits per heavy atom. The lowest BCUT2D eigenvalue weighted by molar-refractivity contribution is -0.385. The van der Waals surface area contributed by atoms with Gasteiger partial charge in [-0.3, -0.25) is 10.1 Å². The maximum atomic E-state index is 11.4. The molecule has 0 amide bonds. The third-order valence-electron chi connectivity index (χ3n) is 4.43. The van der Waals surface area contributed by atoms with Gasteiger partial charge in [-0.25, -0.2) is 4.98 Å². The van der Waals surface area contributed by atoms with E-state index in [1.165, 1.54) is 6.07 Å². The average molecular weight is 359 g/mol. The number of oxazole rings is 1. The molecule has 6 nitrogen and oxygen atoms in total. The Morgan fingerprint density at radius 1 is 1.20 bits per heavy atom. The summed E-state index contributed by atoms with van der Waals surface area (Å²) in [5.74, 6) is 1.55. The van der Waals surface area contributed by atoms with Crippen molar-refractivity contribution in [3.05, 3.63) is 57.4 Å². The second-order valence-electron chi connectivity index (χ2n) is 6.13. The van der Waals surface area contributed by atoms with Crippen molar-refractivity contribution >= 4 is 28.4 Å². The lowest BCUT2D eigenvalue weighted by atomic mass is 10.1. The number of fused-ring (bicyclic) bond motifs is 1. The Morgan fingerprint density at radius 2 is 1.92 bits per heavy atom. The average Bonchev–Trinajstić information content (AvgIpc) is 3.24. The van der Waals surface area contributed by atoms with Gasteiger partial charge in [0.2, 0.25) is 5.75 Å². The molecule has 128 valence electrons. The zero-order chi connectivity index (χ0) is 17.4. The van der Waals surface area contributed by atoms with Crippen molar-refractivity contribution in [3.8, 4) is 11.5 Å². The fourth-order valence-electron chi connectivity index (χ4n) is 3.16. The van der Waals surface area contributed by atoms with E-state index < -0.39 is 4.92 Å². The number of ether oxygens (including phenoxy) is 1. The summed E-state index contributed by atoms with van der Waals surface area (Å²) in [6.45, 7) is 0. The first kappa shape index (κ1) is 15.9. The molecule has 0 radical (unpaired) electrons. The highest BCUT2D eigenvalue weighted by atomic mass is 35.5. The zero-order valence-corrected chi connectivity index (χ0v) is 14.0. The first-order valence-electron chi connectivity index (χ1n) is 8.12. The first-order chi connectivity index (χ1) is 12.1. The Hall–Kier alpha value is -2.60. The van der Waals surface area contributed by atoms with Crippen LogP contribution < -0.4 is 4.74 Å². The molecular weight excluding hydrogens is 344 g/mol. The second-order valence-corrected chi connectivity index (χ2v) is 6.57. The molecule has 1 aromatic heterocycles. The minimum absolute atomic E-state index is 0.131. The van der Waals surface area contributed by atoms with Crippen molar-refractivity contribution < 1.29 is 14.1 Å². The number of nitro benzene ring substituents is 1. The van der Waals surface area contributed by atoms with Crippen LogP contribution in [-0.2, 0) is 0 Å². The molecule has 0 spiro atoms. The molecule has 1 aliphatic carbocycles. The molecule has 1 aliphatic rings. The molecular formula is C18H15ClN2O4. The molecule has 7 heteroatoms. The number of aromatic nitrogens is 1. The second kappa shape index (κ2) is 6.37. The van der Waals surface area contributed by atoms with E-state index in [1.54, 1.807) is 30.3 Å². The Bertz CT molecular complexity index is 930. The number of nitrogens with zero attached hydrogens (tertiary/aromatic N) is 2. The molecule has 0 unspecified atom stereocenters. The van der Waals surface area contributed by atoms with Crippen LogP contribution in [0.5, 0.6) is 11.5 Å². The van der Waals surface area contributed by atoms with E-state index in [9.17, 15) is 10.1 Å². The third kappa shape index (κ3) is 3.17. The molecule has 1 saturated carbocycles. The summed E-state index contributed by atoms with van der Waals surface area (Å²) < 4.78 is 11.5. The van der Waals surface area contributed by atoms with E-state index in [0.29, 0.717) is 33.7 Å². The molecule has 0 aliphatic heterocycles. The van der Waals surface area contributed by atoms with E-state index in [-0.39, 0.29) is 11.4 Å². The van der Waals surface area contributed by atoms with Crippen LogP contribution in [0, 0.1) is 10.1 Å². The van der Waals surface area contributed by atoms with Gasteiger partial charge in [-0.15, -0.1) is 0 Å². The molecule has 3 aromatic rings. The molecule has 0 N–H and O–H groups in total. The Kier molecular flexibility index (Phi) is 4.05. The fourth-order valence-corrected chi connectivity index (χ4v) is 3.29. The van der Waals surface area contributed by atoms with Crippen LogP contribution in [0.1, 0.15) is 37.5 Å². The monoisotopic (exact) mass is 358 g/mol. The van der Waals surface area contributed by atoms with Gasteiger partial charge in [0.05, 0.1) is 11.0 Å². The van der Waals surface area contributed by atoms with Crippen molar-refractivity contribution in [1.29, 1.82) is 0 Å². The van der Waals surface area contributed by atoms with Crippen molar-refractivity contribution in [2.45, 2.75) is 31.6 Å². The number of rotatable bonds is 4. The summed E-state index contributed by atoms with van der Waals surface area (Å²) in [7, 11) is 0. The minimum atomic E-state index is -0.484. The van der Waals surface area contributed by atoms with E-state index >= 15 is 0 Å². The Labute approximate surface area is 148 Å². The van der Waals surface area contributed by atoms with Gasteiger partial charge in [0.15, 0.2) is 11.5 Å². The highest BCUT2D eigenvalue weighted by molar-refractivity contribution is 6.30. The predicted molar refractivity (Wildman–Crippen MR) is 93.4 cm³/mol. The third-order valence-corrected chi connectivity index (χ3v) is 4.68. The zero-order valence-electron chi connectivity index (χ0n) is 13.3. The van der Waals surface area contributed by atoms with Crippen LogP contribution in [-0.4, -0.2) is 9.91 Å². The molecule has 1 fully saturated rings. The summed E-state index contributed by atoms with van der Waals surface area (Å²) in [5.41, 5.74) is 0.824. The predicted octanol–water partition coefficient (Wildman–Crippen LogP) is 5.84. The highest BCUT2D eigenvalue weighted by Crippen LogP contribution is 2.39. The van der Waals surface area contributed by atoms with Gasteiger partial charge in [-0.2, -0.15) is 0 Å². The lowest BCUT2D eigenvalue weighted by Gasteiger charge is -2.06. The van der Waals surface area contributed by atoms with Crippen LogP contribution >= 0.6 is 11.6 Å². The standard InChI is InChI=1S/C18H15ClN2O4/c19-12-5-7-13(8-6-12)24-17-9-14-16(10-15(17)21(22)23)25-18(20-14)11-3-1-2-4-11/h5-11H,1-4H2. The molecule has 4 rings (SSSR count). The number of halogens is 1. The molecule has 1 heterocycles. The molecule has 0 saturated heterocycles. The summed E-state index contributed by atoms with van der Waals surface area (Å²) in [5, 5.41) is 12.0. The number of hydrogen-bond donors (Lipinski definition) is 0. The van der Waals surface area contributed by atoms with Crippen molar-refractivity contribution in [1.82, 2.24) is 4.98 Å². The van der Waals surface area contributed by atoms with Crippen LogP contribution in [0.2, 0.25) is 5.02 Å². The van der Waals surface area contributed by atoms with Gasteiger partial charge in [0, 0.05) is 17.0 Å². The number of benzene rings is 2. The van der Waals surface area contributed by atoms with Crippen LogP contribution in [0.15, 0.2) is 40.8 Å². The van der Waals surface area contributed by atoms with Gasteiger partial charge < -0.3 is 9.15 Å². The normalized spacial score (nSPS) is 14.9. The molecule has 0 atom stereocenters. The van der Waals surface area contributed by atoms with Gasteiger partial charge in [0.25, 0.3) is 0 Å². The quantitative estimate of drug-likeness (QED) is 0.432.